The molecular formula is C12H11FO2. The molecule has 2 nitrogen and oxygen atoms in total. The quantitative estimate of drug-likeness (QED) is 0.837. The SMILES string of the molecule is OC(Cc1ccccc1F)c1ccco1. The third-order valence-electron chi connectivity index (χ3n) is 2.24. The van der Waals surface area contributed by atoms with Crippen molar-refractivity contribution < 1.29 is 13.9 Å². The molecule has 1 heterocycles. The van der Waals surface area contributed by atoms with Gasteiger partial charge in [0.05, 0.1) is 6.26 Å². The molecule has 1 atom stereocenters. The number of aliphatic hydroxyl groups excluding tert-OH is 1. The molecule has 1 aromatic heterocycles. The molecule has 1 unspecified atom stereocenters. The van der Waals surface area contributed by atoms with Gasteiger partial charge in [-0.1, -0.05) is 18.2 Å². The Bertz CT molecular complexity index is 423. The number of aliphatic hydroxyl groups is 1. The van der Waals surface area contributed by atoms with Crippen LogP contribution in [-0.4, -0.2) is 5.11 Å². The van der Waals surface area contributed by atoms with Crippen LogP contribution in [0.15, 0.2) is 47.1 Å². The molecule has 0 fully saturated rings. The van der Waals surface area contributed by atoms with Gasteiger partial charge < -0.3 is 9.52 Å². The average Bonchev–Trinajstić information content (AvgIpc) is 2.74. The molecule has 3 heteroatoms. The summed E-state index contributed by atoms with van der Waals surface area (Å²) in [6.07, 6.45) is 0.914. The van der Waals surface area contributed by atoms with Gasteiger partial charge in [-0.25, -0.2) is 4.39 Å². The molecule has 78 valence electrons. The van der Waals surface area contributed by atoms with Crippen molar-refractivity contribution in [3.8, 4) is 0 Å². The van der Waals surface area contributed by atoms with Crippen LogP contribution in [0.2, 0.25) is 0 Å². The third-order valence-corrected chi connectivity index (χ3v) is 2.24. The predicted octanol–water partition coefficient (Wildman–Crippen LogP) is 2.69. The van der Waals surface area contributed by atoms with Gasteiger partial charge in [0.25, 0.3) is 0 Å². The summed E-state index contributed by atoms with van der Waals surface area (Å²) in [7, 11) is 0. The molecule has 0 amide bonds. The van der Waals surface area contributed by atoms with Crippen molar-refractivity contribution in [2.45, 2.75) is 12.5 Å². The molecule has 1 aromatic carbocycles. The Labute approximate surface area is 87.0 Å². The van der Waals surface area contributed by atoms with Crippen LogP contribution in [-0.2, 0) is 6.42 Å². The lowest BCUT2D eigenvalue weighted by atomic mass is 10.1. The van der Waals surface area contributed by atoms with E-state index in [0.29, 0.717) is 11.3 Å². The van der Waals surface area contributed by atoms with E-state index in [9.17, 15) is 9.50 Å². The van der Waals surface area contributed by atoms with Crippen LogP contribution in [0.5, 0.6) is 0 Å². The van der Waals surface area contributed by atoms with Crippen molar-refractivity contribution in [3.63, 3.8) is 0 Å². The highest BCUT2D eigenvalue weighted by Gasteiger charge is 2.13. The summed E-state index contributed by atoms with van der Waals surface area (Å²) in [5, 5.41) is 9.73. The van der Waals surface area contributed by atoms with Gasteiger partial charge >= 0.3 is 0 Å². The fraction of sp³-hybridized carbons (Fsp3) is 0.167. The van der Waals surface area contributed by atoms with Crippen molar-refractivity contribution in [2.75, 3.05) is 0 Å². The molecule has 0 saturated heterocycles. The highest BCUT2D eigenvalue weighted by Crippen LogP contribution is 2.19. The first-order chi connectivity index (χ1) is 7.27. The Morgan fingerprint density at radius 2 is 2.00 bits per heavy atom. The van der Waals surface area contributed by atoms with Gasteiger partial charge in [0, 0.05) is 6.42 Å². The van der Waals surface area contributed by atoms with Crippen molar-refractivity contribution >= 4 is 0 Å². The number of halogens is 1. The summed E-state index contributed by atoms with van der Waals surface area (Å²) in [6, 6.07) is 9.77. The normalized spacial score (nSPS) is 12.7. The zero-order chi connectivity index (χ0) is 10.7. The first kappa shape index (κ1) is 9.93. The Morgan fingerprint density at radius 1 is 1.20 bits per heavy atom. The van der Waals surface area contributed by atoms with E-state index >= 15 is 0 Å². The molecule has 1 N–H and O–H groups in total. The highest BCUT2D eigenvalue weighted by atomic mass is 19.1. The van der Waals surface area contributed by atoms with E-state index in [4.69, 9.17) is 4.42 Å². The van der Waals surface area contributed by atoms with Gasteiger partial charge in [-0.15, -0.1) is 0 Å². The maximum atomic E-state index is 13.2. The fourth-order valence-electron chi connectivity index (χ4n) is 1.45. The van der Waals surface area contributed by atoms with Gasteiger partial charge in [0.2, 0.25) is 0 Å². The second-order valence-corrected chi connectivity index (χ2v) is 3.33. The molecule has 0 aliphatic rings. The van der Waals surface area contributed by atoms with Gasteiger partial charge in [-0.05, 0) is 23.8 Å². The van der Waals surface area contributed by atoms with Crippen LogP contribution in [0, 0.1) is 5.82 Å². The lowest BCUT2D eigenvalue weighted by Gasteiger charge is -2.08. The highest BCUT2D eigenvalue weighted by molar-refractivity contribution is 5.19. The van der Waals surface area contributed by atoms with Gasteiger partial charge in [0.15, 0.2) is 0 Å². The summed E-state index contributed by atoms with van der Waals surface area (Å²) >= 11 is 0. The van der Waals surface area contributed by atoms with Crippen molar-refractivity contribution in [2.24, 2.45) is 0 Å². The molecule has 2 aromatic rings. The summed E-state index contributed by atoms with van der Waals surface area (Å²) in [6.45, 7) is 0. The number of hydrogen-bond donors (Lipinski definition) is 1. The molecular weight excluding hydrogens is 195 g/mol. The van der Waals surface area contributed by atoms with Crippen LogP contribution < -0.4 is 0 Å². The molecule has 0 bridgehead atoms. The Kier molecular flexibility index (Phi) is 2.83. The van der Waals surface area contributed by atoms with Crippen LogP contribution in [0.4, 0.5) is 4.39 Å². The first-order valence-electron chi connectivity index (χ1n) is 4.72. The number of rotatable bonds is 3. The number of hydrogen-bond acceptors (Lipinski definition) is 2. The second kappa shape index (κ2) is 4.28. The van der Waals surface area contributed by atoms with E-state index in [-0.39, 0.29) is 12.2 Å². The van der Waals surface area contributed by atoms with Crippen LogP contribution in [0.1, 0.15) is 17.4 Å². The number of benzene rings is 1. The Hall–Kier alpha value is -1.61. The third kappa shape index (κ3) is 2.25. The van der Waals surface area contributed by atoms with Crippen LogP contribution in [0.25, 0.3) is 0 Å². The summed E-state index contributed by atoms with van der Waals surface area (Å²) < 4.78 is 18.3. The van der Waals surface area contributed by atoms with E-state index in [0.717, 1.165) is 0 Å². The van der Waals surface area contributed by atoms with Crippen LogP contribution in [0.3, 0.4) is 0 Å². The minimum Gasteiger partial charge on any atom is -0.467 e. The summed E-state index contributed by atoms with van der Waals surface area (Å²) in [4.78, 5) is 0. The van der Waals surface area contributed by atoms with Gasteiger partial charge in [-0.2, -0.15) is 0 Å². The fourth-order valence-corrected chi connectivity index (χ4v) is 1.45. The minimum absolute atomic E-state index is 0.222. The molecule has 0 aliphatic heterocycles. The molecule has 0 spiro atoms. The largest absolute Gasteiger partial charge is 0.467 e. The lowest BCUT2D eigenvalue weighted by molar-refractivity contribution is 0.149. The molecule has 2 rings (SSSR count). The molecule has 0 aliphatic carbocycles. The molecule has 15 heavy (non-hydrogen) atoms. The van der Waals surface area contributed by atoms with E-state index in [2.05, 4.69) is 0 Å². The zero-order valence-corrected chi connectivity index (χ0v) is 8.06. The van der Waals surface area contributed by atoms with Gasteiger partial charge in [0.1, 0.15) is 17.7 Å². The zero-order valence-electron chi connectivity index (χ0n) is 8.06. The topological polar surface area (TPSA) is 33.4 Å². The maximum Gasteiger partial charge on any atom is 0.132 e. The van der Waals surface area contributed by atoms with Gasteiger partial charge in [-0.3, -0.25) is 0 Å². The number of furan rings is 1. The smallest absolute Gasteiger partial charge is 0.132 e. The Morgan fingerprint density at radius 3 is 2.67 bits per heavy atom. The molecule has 0 saturated carbocycles. The van der Waals surface area contributed by atoms with E-state index in [1.165, 1.54) is 12.3 Å². The second-order valence-electron chi connectivity index (χ2n) is 3.33. The average molecular weight is 206 g/mol. The van der Waals surface area contributed by atoms with E-state index in [1.54, 1.807) is 30.3 Å². The van der Waals surface area contributed by atoms with E-state index < -0.39 is 6.10 Å². The van der Waals surface area contributed by atoms with E-state index in [1.807, 2.05) is 0 Å². The monoisotopic (exact) mass is 206 g/mol. The van der Waals surface area contributed by atoms with Crippen molar-refractivity contribution in [1.29, 1.82) is 0 Å². The summed E-state index contributed by atoms with van der Waals surface area (Å²) in [5.74, 6) is 0.154. The van der Waals surface area contributed by atoms with Crippen molar-refractivity contribution in [1.82, 2.24) is 0 Å². The standard InChI is InChI=1S/C12H11FO2/c13-10-5-2-1-4-9(10)8-11(14)12-6-3-7-15-12/h1-7,11,14H,8H2. The lowest BCUT2D eigenvalue weighted by Crippen LogP contribution is -2.02. The summed E-state index contributed by atoms with van der Waals surface area (Å²) in [5.41, 5.74) is 0.487. The van der Waals surface area contributed by atoms with Crippen LogP contribution >= 0.6 is 0 Å². The predicted molar refractivity (Wildman–Crippen MR) is 53.8 cm³/mol. The maximum absolute atomic E-state index is 13.2. The molecule has 0 radical (unpaired) electrons. The first-order valence-corrected chi connectivity index (χ1v) is 4.72. The Balaban J connectivity index is 2.13. The minimum atomic E-state index is -0.795. The van der Waals surface area contributed by atoms with Crippen molar-refractivity contribution in [3.05, 3.63) is 59.8 Å².